The van der Waals surface area contributed by atoms with E-state index in [0.717, 1.165) is 0 Å². The first-order valence-electron chi connectivity index (χ1n) is 23.8. The fourth-order valence-electron chi connectivity index (χ4n) is 8.75. The molecule has 5 amide bonds. The average molecular weight is 1110 g/mol. The van der Waals surface area contributed by atoms with E-state index in [1.165, 1.54) is 47.0 Å². The number of nitrogens with one attached hydrogen (secondary N) is 8. The Hall–Kier alpha value is -8.16. The maximum absolute atomic E-state index is 13.8. The number of hydrogen-bond donors (Lipinski definition) is 12. The van der Waals surface area contributed by atoms with Crippen LogP contribution in [0.15, 0.2) is 62.9 Å². The number of ketones is 2. The minimum atomic E-state index is -1.57. The number of anilines is 2. The number of carboxylic acids is 2. The smallest absolute Gasteiger partial charge is 0.405 e. The summed E-state index contributed by atoms with van der Waals surface area (Å²) in [6.45, 7) is 3.46. The Kier molecular flexibility index (Phi) is 18.1. The standard InChI is InChI=1S/C46H55N15O14S2/c1-20(59-60-30(64)12-14-76-77-15-13-49-32-21(2)35(65)34-31(36(32)66)38(75-45(48)73)46(74-3)37-27(55-37)19-61(34)46)4-10-28(62)51-18-26(43(71)72)54-29(63)11-9-25(42(69)70)56-40(67)22-5-7-23(8-6-22)50-16-24-17-52-39-33(53-24)41(68)58-44(47)57-39/h5-8,17,25-27,37-38,49-50,55H,4,9-16,18-19H2,1-3H3,(H2,48,73)(H,51,62)(H,54,63)(H,56,67)(H,60,64)(H,69,70)(H,71,72)(H3,47,52,57,58,68)/b59-20+/t25?,26?,27-,37-,38?,46-/m0/s1. The number of ether oxygens (including phenoxy) is 2. The fraction of sp³-hybridized carbons (Fsp3) is 0.435. The predicted octanol–water partition coefficient (Wildman–Crippen LogP) is -1.65. The van der Waals surface area contributed by atoms with Crippen molar-refractivity contribution in [3.05, 3.63) is 74.6 Å². The number of aromatic nitrogens is 4. The van der Waals surface area contributed by atoms with Crippen LogP contribution in [0.4, 0.5) is 16.4 Å². The molecule has 2 aromatic heterocycles. The molecule has 29 nitrogen and oxygen atoms in total. The molecule has 3 unspecified atom stereocenters. The lowest BCUT2D eigenvalue weighted by atomic mass is 9.88. The van der Waals surface area contributed by atoms with Gasteiger partial charge in [0.1, 0.15) is 12.1 Å². The number of hydrogen-bond acceptors (Lipinski definition) is 23. The van der Waals surface area contributed by atoms with E-state index in [1.807, 2.05) is 0 Å². The van der Waals surface area contributed by atoms with Crippen LogP contribution in [-0.2, 0) is 49.6 Å². The molecule has 2 fully saturated rings. The Balaban J connectivity index is 0.749. The van der Waals surface area contributed by atoms with Crippen molar-refractivity contribution in [1.82, 2.24) is 56.8 Å². The number of piperazine rings is 1. The Bertz CT molecular complexity index is 3040. The largest absolute Gasteiger partial charge is 0.480 e. The van der Waals surface area contributed by atoms with Crippen molar-refractivity contribution < 1.29 is 62.8 Å². The van der Waals surface area contributed by atoms with Crippen molar-refractivity contribution in [2.75, 3.05) is 49.3 Å². The van der Waals surface area contributed by atoms with E-state index in [1.54, 1.807) is 30.9 Å². The number of Topliss-reactive ketones (excluding diaryl/α,β-unsaturated/α-hetero) is 2. The molecule has 2 saturated heterocycles. The van der Waals surface area contributed by atoms with E-state index >= 15 is 0 Å². The van der Waals surface area contributed by atoms with Crippen molar-refractivity contribution in [3.63, 3.8) is 0 Å². The monoisotopic (exact) mass is 1110 g/mol. The molecular weight excluding hydrogens is 1050 g/mol. The van der Waals surface area contributed by atoms with Crippen LogP contribution in [0.1, 0.15) is 62.0 Å². The first kappa shape index (κ1) is 56.6. The van der Waals surface area contributed by atoms with Gasteiger partial charge in [-0.05, 0) is 51.0 Å². The Morgan fingerprint density at radius 2 is 1.65 bits per heavy atom. The summed E-state index contributed by atoms with van der Waals surface area (Å²) in [5.41, 5.74) is 13.5. The molecule has 0 spiro atoms. The number of methoxy groups -OCH3 is 1. The third-order valence-electron chi connectivity index (χ3n) is 12.6. The number of H-pyrrole nitrogens is 1. The number of nitrogen functional groups attached to an aromatic ring is 1. The molecule has 4 aliphatic rings. The second-order valence-electron chi connectivity index (χ2n) is 17.8. The molecule has 14 N–H and O–H groups in total. The van der Waals surface area contributed by atoms with Crippen molar-refractivity contribution in [2.24, 2.45) is 10.8 Å². The maximum atomic E-state index is 13.8. The molecule has 77 heavy (non-hydrogen) atoms. The van der Waals surface area contributed by atoms with Crippen LogP contribution in [-0.4, -0.2) is 168 Å². The average Bonchev–Trinajstić information content (AvgIpc) is 4.24. The molecule has 0 radical (unpaired) electrons. The van der Waals surface area contributed by atoms with Gasteiger partial charge in [0.25, 0.3) is 11.5 Å². The number of nitrogens with two attached hydrogens (primary N) is 2. The quantitative estimate of drug-likeness (QED) is 0.0102. The highest BCUT2D eigenvalue weighted by atomic mass is 33.1. The fourth-order valence-corrected chi connectivity index (χ4v) is 10.6. The van der Waals surface area contributed by atoms with Gasteiger partial charge in [-0.15, -0.1) is 0 Å². The summed E-state index contributed by atoms with van der Waals surface area (Å²) in [5, 5.41) is 39.8. The van der Waals surface area contributed by atoms with E-state index in [2.05, 4.69) is 62.4 Å². The molecule has 1 aromatic carbocycles. The Morgan fingerprint density at radius 1 is 0.922 bits per heavy atom. The van der Waals surface area contributed by atoms with Gasteiger partial charge >= 0.3 is 18.0 Å². The lowest BCUT2D eigenvalue weighted by Crippen LogP contribution is -2.58. The van der Waals surface area contributed by atoms with Crippen LogP contribution in [0.3, 0.4) is 0 Å². The first-order chi connectivity index (χ1) is 36.7. The topological polar surface area (TPSA) is 446 Å². The van der Waals surface area contributed by atoms with Gasteiger partial charge in [-0.1, -0.05) is 21.6 Å². The lowest BCUT2D eigenvalue weighted by Gasteiger charge is -2.38. The van der Waals surface area contributed by atoms with E-state index in [4.69, 9.17) is 20.9 Å². The summed E-state index contributed by atoms with van der Waals surface area (Å²) in [6, 6.07) is 2.61. The van der Waals surface area contributed by atoms with Gasteiger partial charge in [-0.2, -0.15) is 10.1 Å². The summed E-state index contributed by atoms with van der Waals surface area (Å²) in [7, 11) is 4.25. The number of aromatic amines is 1. The third-order valence-corrected chi connectivity index (χ3v) is 15.0. The highest BCUT2D eigenvalue weighted by molar-refractivity contribution is 8.76. The highest BCUT2D eigenvalue weighted by Gasteiger charge is 2.74. The molecule has 410 valence electrons. The van der Waals surface area contributed by atoms with Crippen LogP contribution in [0.5, 0.6) is 0 Å². The van der Waals surface area contributed by atoms with Crippen molar-refractivity contribution in [2.45, 2.75) is 88.5 Å². The van der Waals surface area contributed by atoms with Crippen LogP contribution < -0.4 is 54.4 Å². The molecule has 7 rings (SSSR count). The molecule has 5 heterocycles. The van der Waals surface area contributed by atoms with E-state index < -0.39 is 96.3 Å². The van der Waals surface area contributed by atoms with Gasteiger partial charge in [0.15, 0.2) is 23.0 Å². The zero-order valence-electron chi connectivity index (χ0n) is 41.6. The summed E-state index contributed by atoms with van der Waals surface area (Å²) in [4.78, 5) is 142. The summed E-state index contributed by atoms with van der Waals surface area (Å²) < 4.78 is 11.3. The molecule has 31 heteroatoms. The number of aliphatic carboxylic acids is 2. The van der Waals surface area contributed by atoms with E-state index in [0.29, 0.717) is 41.7 Å². The van der Waals surface area contributed by atoms with Crippen molar-refractivity contribution >= 4 is 103 Å². The number of rotatable bonds is 27. The zero-order valence-corrected chi connectivity index (χ0v) is 43.2. The van der Waals surface area contributed by atoms with Crippen molar-refractivity contribution in [3.8, 4) is 0 Å². The van der Waals surface area contributed by atoms with Crippen LogP contribution in [0, 0.1) is 0 Å². The molecular formula is C46H55N15O14S2. The van der Waals surface area contributed by atoms with E-state index in [9.17, 15) is 58.2 Å². The first-order valence-corrected chi connectivity index (χ1v) is 26.3. The van der Waals surface area contributed by atoms with Gasteiger partial charge in [0.05, 0.1) is 41.4 Å². The number of primary amides is 1. The Morgan fingerprint density at radius 3 is 2.35 bits per heavy atom. The number of nitrogens with zero attached hydrogens (tertiary/aromatic N) is 5. The minimum absolute atomic E-state index is 0.00440. The Labute approximate surface area is 444 Å². The second-order valence-corrected chi connectivity index (χ2v) is 20.5. The number of carbonyl (C=O) groups excluding carboxylic acids is 7. The molecule has 3 aromatic rings. The molecule has 6 atom stereocenters. The number of amides is 5. The minimum Gasteiger partial charge on any atom is -0.480 e. The SMILES string of the molecule is CO[C@@]12C(OC(N)=O)C3=C(C(=O)C(C)=C(NCCSSCCC(=O)N/N=C(\C)CCC(=O)NCC(NC(=O)CCC(NC(=O)c4ccc(NCc5cnc6nc(N)[nH]c(=O)c6n5)cc4)C(=O)O)C(=O)O)C3=O)N1C[C@@H]1N[C@@H]12. The number of allylic oxidation sites excluding steroid dienone is 2. The number of hydrazone groups is 1. The summed E-state index contributed by atoms with van der Waals surface area (Å²) >= 11 is 0. The molecule has 0 saturated carbocycles. The van der Waals surface area contributed by atoms with Crippen LogP contribution >= 0.6 is 21.6 Å². The van der Waals surface area contributed by atoms with Gasteiger partial charge in [0, 0.05) is 86.1 Å². The lowest BCUT2D eigenvalue weighted by molar-refractivity contribution is -0.151. The second kappa shape index (κ2) is 24.7. The third kappa shape index (κ3) is 13.3. The van der Waals surface area contributed by atoms with Crippen molar-refractivity contribution in [1.29, 1.82) is 0 Å². The van der Waals surface area contributed by atoms with E-state index in [-0.39, 0.29) is 88.9 Å². The predicted molar refractivity (Wildman–Crippen MR) is 276 cm³/mol. The molecule has 1 aliphatic carbocycles. The summed E-state index contributed by atoms with van der Waals surface area (Å²) in [6.07, 6.45) is -1.72. The molecule has 3 aliphatic heterocycles. The number of carboxylic acid groups (broad SMARTS) is 2. The number of benzene rings is 1. The van der Waals surface area contributed by atoms with Gasteiger partial charge in [0.2, 0.25) is 35.2 Å². The summed E-state index contributed by atoms with van der Waals surface area (Å²) in [5.74, 6) is -5.55. The van der Waals surface area contributed by atoms with Crippen LogP contribution in [0.2, 0.25) is 0 Å². The van der Waals surface area contributed by atoms with Gasteiger partial charge in [-0.25, -0.2) is 29.8 Å². The van der Waals surface area contributed by atoms with Crippen LogP contribution in [0.25, 0.3) is 11.2 Å². The van der Waals surface area contributed by atoms with Gasteiger partial charge in [-0.3, -0.25) is 38.5 Å². The van der Waals surface area contributed by atoms with Gasteiger partial charge < -0.3 is 68.0 Å². The number of fused-ring (bicyclic) bond motifs is 5. The zero-order chi connectivity index (χ0) is 55.7. The highest BCUT2D eigenvalue weighted by Crippen LogP contribution is 2.53. The maximum Gasteiger partial charge on any atom is 0.405 e. The normalized spacial score (nSPS) is 20.1. The molecule has 0 bridgehead atoms. The number of carbonyl (C=O) groups is 9.